The number of nitrogen functional groups attached to an aromatic ring is 1. The van der Waals surface area contributed by atoms with Gasteiger partial charge in [0, 0.05) is 6.20 Å². The number of nitrogens with one attached hydrogen (secondary N) is 1. The van der Waals surface area contributed by atoms with E-state index in [1.807, 2.05) is 31.2 Å². The van der Waals surface area contributed by atoms with E-state index in [-0.39, 0.29) is 0 Å². The molecule has 0 saturated heterocycles. The molecule has 1 aromatic heterocycles. The third-order valence-electron chi connectivity index (χ3n) is 2.49. The van der Waals surface area contributed by atoms with Crippen LogP contribution in [0.4, 0.5) is 17.2 Å². The Morgan fingerprint density at radius 2 is 2.17 bits per heavy atom. The maximum Gasteiger partial charge on any atom is 0.154 e. The molecular formula is C13H11ClN4. The molecule has 1 aromatic carbocycles. The summed E-state index contributed by atoms with van der Waals surface area (Å²) < 4.78 is 0. The Morgan fingerprint density at radius 1 is 1.39 bits per heavy atom. The fourth-order valence-corrected chi connectivity index (χ4v) is 1.80. The lowest BCUT2D eigenvalue weighted by atomic mass is 10.2. The second-order valence-electron chi connectivity index (χ2n) is 3.84. The second kappa shape index (κ2) is 4.94. The standard InChI is InChI=1S/C13H11ClN4/c1-8-2-3-11(10(14)6-8)18-13-12(16)9(7-15)4-5-17-13/h2-6H,16H2,1H3,(H,17,18). The van der Waals surface area contributed by atoms with Crippen LogP contribution in [0.1, 0.15) is 11.1 Å². The number of hydrogen-bond donors (Lipinski definition) is 2. The molecule has 90 valence electrons. The minimum absolute atomic E-state index is 0.316. The van der Waals surface area contributed by atoms with E-state index in [4.69, 9.17) is 22.6 Å². The number of rotatable bonds is 2. The Labute approximate surface area is 110 Å². The predicted octanol–water partition coefficient (Wildman–Crippen LogP) is 3.24. The van der Waals surface area contributed by atoms with Gasteiger partial charge in [-0.1, -0.05) is 17.7 Å². The van der Waals surface area contributed by atoms with Crippen LogP contribution < -0.4 is 11.1 Å². The van der Waals surface area contributed by atoms with E-state index >= 15 is 0 Å². The first-order chi connectivity index (χ1) is 8.61. The number of benzene rings is 1. The molecule has 0 aliphatic heterocycles. The number of anilines is 3. The number of aromatic nitrogens is 1. The van der Waals surface area contributed by atoms with Crippen LogP contribution in [-0.2, 0) is 0 Å². The van der Waals surface area contributed by atoms with Crippen molar-refractivity contribution in [2.75, 3.05) is 11.1 Å². The Hall–Kier alpha value is -2.25. The molecule has 5 heteroatoms. The number of nitrogens with zero attached hydrogens (tertiary/aromatic N) is 2. The zero-order valence-electron chi connectivity index (χ0n) is 9.74. The van der Waals surface area contributed by atoms with E-state index in [2.05, 4.69) is 10.3 Å². The third kappa shape index (κ3) is 2.36. The summed E-state index contributed by atoms with van der Waals surface area (Å²) in [7, 11) is 0. The zero-order chi connectivity index (χ0) is 13.1. The van der Waals surface area contributed by atoms with Crippen molar-refractivity contribution in [3.8, 4) is 6.07 Å². The van der Waals surface area contributed by atoms with Gasteiger partial charge < -0.3 is 11.1 Å². The fraction of sp³-hybridized carbons (Fsp3) is 0.0769. The highest BCUT2D eigenvalue weighted by Gasteiger charge is 2.08. The lowest BCUT2D eigenvalue weighted by Gasteiger charge is -2.10. The summed E-state index contributed by atoms with van der Waals surface area (Å²) in [6.45, 7) is 1.96. The van der Waals surface area contributed by atoms with Gasteiger partial charge in [-0.3, -0.25) is 0 Å². The molecule has 2 rings (SSSR count). The van der Waals surface area contributed by atoms with E-state index in [0.717, 1.165) is 5.56 Å². The van der Waals surface area contributed by atoms with E-state index in [1.54, 1.807) is 6.07 Å². The summed E-state index contributed by atoms with van der Waals surface area (Å²) in [5.41, 5.74) is 8.30. The fourth-order valence-electron chi connectivity index (χ4n) is 1.52. The van der Waals surface area contributed by atoms with Gasteiger partial charge >= 0.3 is 0 Å². The van der Waals surface area contributed by atoms with E-state index in [1.165, 1.54) is 6.20 Å². The Bertz CT molecular complexity index is 631. The monoisotopic (exact) mass is 258 g/mol. The van der Waals surface area contributed by atoms with Crippen LogP contribution in [0.3, 0.4) is 0 Å². The molecule has 0 spiro atoms. The van der Waals surface area contributed by atoms with Gasteiger partial charge in [0.2, 0.25) is 0 Å². The first kappa shape index (κ1) is 12.2. The van der Waals surface area contributed by atoms with E-state index < -0.39 is 0 Å². The van der Waals surface area contributed by atoms with Crippen molar-refractivity contribution < 1.29 is 0 Å². The molecule has 0 fully saturated rings. The highest BCUT2D eigenvalue weighted by molar-refractivity contribution is 6.33. The van der Waals surface area contributed by atoms with Gasteiger partial charge in [-0.05, 0) is 30.7 Å². The lowest BCUT2D eigenvalue weighted by molar-refractivity contribution is 1.29. The highest BCUT2D eigenvalue weighted by atomic mass is 35.5. The molecule has 1 heterocycles. The second-order valence-corrected chi connectivity index (χ2v) is 4.25. The van der Waals surface area contributed by atoms with Gasteiger partial charge in [0.15, 0.2) is 5.82 Å². The normalized spacial score (nSPS) is 9.83. The Kier molecular flexibility index (Phi) is 3.35. The molecule has 0 aliphatic rings. The van der Waals surface area contributed by atoms with E-state index in [0.29, 0.717) is 27.8 Å². The number of nitrogens with two attached hydrogens (primary N) is 1. The van der Waals surface area contributed by atoms with Gasteiger partial charge in [-0.15, -0.1) is 0 Å². The summed E-state index contributed by atoms with van der Waals surface area (Å²) in [4.78, 5) is 4.10. The highest BCUT2D eigenvalue weighted by Crippen LogP contribution is 2.28. The summed E-state index contributed by atoms with van der Waals surface area (Å²) in [5.74, 6) is 0.430. The lowest BCUT2D eigenvalue weighted by Crippen LogP contribution is -2.01. The van der Waals surface area contributed by atoms with Crippen LogP contribution in [0.2, 0.25) is 5.02 Å². The third-order valence-corrected chi connectivity index (χ3v) is 2.80. The average molecular weight is 259 g/mol. The van der Waals surface area contributed by atoms with Crippen molar-refractivity contribution >= 4 is 28.8 Å². The van der Waals surface area contributed by atoms with Crippen LogP contribution in [0.15, 0.2) is 30.5 Å². The molecule has 0 radical (unpaired) electrons. The molecule has 0 bridgehead atoms. The number of pyridine rings is 1. The molecule has 3 N–H and O–H groups in total. The number of hydrogen-bond acceptors (Lipinski definition) is 4. The molecule has 0 unspecified atom stereocenters. The SMILES string of the molecule is Cc1ccc(Nc2nccc(C#N)c2N)c(Cl)c1. The summed E-state index contributed by atoms with van der Waals surface area (Å²) in [5, 5.41) is 12.5. The zero-order valence-corrected chi connectivity index (χ0v) is 10.5. The van der Waals surface area contributed by atoms with Crippen molar-refractivity contribution in [1.29, 1.82) is 5.26 Å². The summed E-state index contributed by atoms with van der Waals surface area (Å²) >= 11 is 6.11. The molecule has 0 aliphatic carbocycles. The number of aryl methyl sites for hydroxylation is 1. The molecule has 0 atom stereocenters. The average Bonchev–Trinajstić information content (AvgIpc) is 2.35. The molecule has 0 saturated carbocycles. The maximum absolute atomic E-state index is 8.89. The Morgan fingerprint density at radius 3 is 2.83 bits per heavy atom. The van der Waals surface area contributed by atoms with Gasteiger partial charge in [0.05, 0.1) is 22.0 Å². The van der Waals surface area contributed by atoms with Gasteiger partial charge in [-0.2, -0.15) is 5.26 Å². The maximum atomic E-state index is 8.89. The van der Waals surface area contributed by atoms with Gasteiger partial charge in [-0.25, -0.2) is 4.98 Å². The molecule has 4 nitrogen and oxygen atoms in total. The van der Waals surface area contributed by atoms with Crippen molar-refractivity contribution in [2.45, 2.75) is 6.92 Å². The summed E-state index contributed by atoms with van der Waals surface area (Å²) in [6, 6.07) is 9.19. The summed E-state index contributed by atoms with van der Waals surface area (Å²) in [6.07, 6.45) is 1.53. The van der Waals surface area contributed by atoms with Crippen LogP contribution >= 0.6 is 11.6 Å². The molecule has 2 aromatic rings. The van der Waals surface area contributed by atoms with Crippen molar-refractivity contribution in [1.82, 2.24) is 4.98 Å². The molecule has 18 heavy (non-hydrogen) atoms. The minimum atomic E-state index is 0.316. The van der Waals surface area contributed by atoms with Crippen molar-refractivity contribution in [3.05, 3.63) is 46.6 Å². The Balaban J connectivity index is 2.38. The van der Waals surface area contributed by atoms with Gasteiger partial charge in [0.25, 0.3) is 0 Å². The number of halogens is 1. The molecular weight excluding hydrogens is 248 g/mol. The van der Waals surface area contributed by atoms with Crippen LogP contribution in [0, 0.1) is 18.3 Å². The quantitative estimate of drug-likeness (QED) is 0.867. The van der Waals surface area contributed by atoms with Crippen molar-refractivity contribution in [2.24, 2.45) is 0 Å². The minimum Gasteiger partial charge on any atom is -0.395 e. The van der Waals surface area contributed by atoms with Crippen molar-refractivity contribution in [3.63, 3.8) is 0 Å². The first-order valence-electron chi connectivity index (χ1n) is 5.29. The predicted molar refractivity (Wildman–Crippen MR) is 72.8 cm³/mol. The molecule has 0 amide bonds. The first-order valence-corrected chi connectivity index (χ1v) is 5.67. The van der Waals surface area contributed by atoms with Crippen LogP contribution in [0.25, 0.3) is 0 Å². The number of nitriles is 1. The largest absolute Gasteiger partial charge is 0.395 e. The smallest absolute Gasteiger partial charge is 0.154 e. The topological polar surface area (TPSA) is 74.7 Å². The van der Waals surface area contributed by atoms with Crippen LogP contribution in [-0.4, -0.2) is 4.98 Å². The van der Waals surface area contributed by atoms with E-state index in [9.17, 15) is 0 Å². The van der Waals surface area contributed by atoms with Gasteiger partial charge in [0.1, 0.15) is 6.07 Å². The van der Waals surface area contributed by atoms with Crippen LogP contribution in [0.5, 0.6) is 0 Å².